The lowest BCUT2D eigenvalue weighted by Gasteiger charge is -2.33. The first kappa shape index (κ1) is 13.9. The van der Waals surface area contributed by atoms with Crippen molar-refractivity contribution < 1.29 is 14.3 Å². The van der Waals surface area contributed by atoms with E-state index in [4.69, 9.17) is 4.74 Å². The molecule has 20 heavy (non-hydrogen) atoms. The summed E-state index contributed by atoms with van der Waals surface area (Å²) in [6.07, 6.45) is 6.69. The molecule has 0 aromatic carbocycles. The Labute approximate surface area is 120 Å². The van der Waals surface area contributed by atoms with Crippen LogP contribution in [0.4, 0.5) is 4.79 Å². The highest BCUT2D eigenvalue weighted by Crippen LogP contribution is 2.32. The highest BCUT2D eigenvalue weighted by molar-refractivity contribution is 5.83. The Morgan fingerprint density at radius 1 is 1.20 bits per heavy atom. The summed E-state index contributed by atoms with van der Waals surface area (Å²) in [5.41, 5.74) is 0. The van der Waals surface area contributed by atoms with E-state index in [0.29, 0.717) is 18.8 Å². The molecule has 3 unspecified atom stereocenters. The molecule has 112 valence electrons. The van der Waals surface area contributed by atoms with Gasteiger partial charge >= 0.3 is 6.03 Å². The summed E-state index contributed by atoms with van der Waals surface area (Å²) in [6, 6.07) is 0.275. The molecule has 3 atom stereocenters. The fraction of sp³-hybridized carbons (Fsp3) is 0.867. The van der Waals surface area contributed by atoms with Crippen LogP contribution in [0.15, 0.2) is 0 Å². The van der Waals surface area contributed by atoms with Gasteiger partial charge in [-0.05, 0) is 32.1 Å². The van der Waals surface area contributed by atoms with E-state index in [-0.39, 0.29) is 24.0 Å². The molecule has 0 bridgehead atoms. The van der Waals surface area contributed by atoms with Gasteiger partial charge in [0.25, 0.3) is 0 Å². The SMILES string of the molecule is O=C1CCCCC1C1CCCN1C(=O)NC1CCOC1. The average Bonchev–Trinajstić information content (AvgIpc) is 3.09. The van der Waals surface area contributed by atoms with Crippen LogP contribution in [0.25, 0.3) is 0 Å². The number of carbonyl (C=O) groups excluding carboxylic acids is 2. The Balaban J connectivity index is 1.62. The molecular weight excluding hydrogens is 256 g/mol. The Kier molecular flexibility index (Phi) is 4.24. The van der Waals surface area contributed by atoms with Crippen LogP contribution in [0, 0.1) is 5.92 Å². The molecule has 0 radical (unpaired) electrons. The first-order valence-corrected chi connectivity index (χ1v) is 7.93. The summed E-state index contributed by atoms with van der Waals surface area (Å²) in [7, 11) is 0. The smallest absolute Gasteiger partial charge is 0.317 e. The Bertz CT molecular complexity index is 379. The second-order valence-corrected chi connectivity index (χ2v) is 6.23. The molecule has 2 saturated heterocycles. The van der Waals surface area contributed by atoms with Crippen molar-refractivity contribution in [1.82, 2.24) is 10.2 Å². The Morgan fingerprint density at radius 2 is 2.10 bits per heavy atom. The standard InChI is InChI=1S/C15H24N2O3/c18-14-6-2-1-4-12(14)13-5-3-8-17(13)15(19)16-11-7-9-20-10-11/h11-13H,1-10H2,(H,16,19). The number of nitrogens with one attached hydrogen (secondary N) is 1. The average molecular weight is 280 g/mol. The van der Waals surface area contributed by atoms with Crippen molar-refractivity contribution >= 4 is 11.8 Å². The van der Waals surface area contributed by atoms with Gasteiger partial charge in [-0.15, -0.1) is 0 Å². The molecule has 5 nitrogen and oxygen atoms in total. The van der Waals surface area contributed by atoms with Crippen molar-refractivity contribution in [2.75, 3.05) is 19.8 Å². The van der Waals surface area contributed by atoms with Crippen molar-refractivity contribution in [3.8, 4) is 0 Å². The topological polar surface area (TPSA) is 58.6 Å². The number of ether oxygens (including phenoxy) is 1. The van der Waals surface area contributed by atoms with Crippen molar-refractivity contribution in [3.05, 3.63) is 0 Å². The molecule has 0 aromatic heterocycles. The van der Waals surface area contributed by atoms with E-state index in [0.717, 1.165) is 51.7 Å². The number of Topliss-reactive ketones (excluding diaryl/α,β-unsaturated/α-hetero) is 1. The fourth-order valence-corrected chi connectivity index (χ4v) is 3.79. The molecular formula is C15H24N2O3. The van der Waals surface area contributed by atoms with Gasteiger partial charge in [-0.25, -0.2) is 4.79 Å². The predicted octanol–water partition coefficient (Wildman–Crippen LogP) is 1.71. The first-order valence-electron chi connectivity index (χ1n) is 7.93. The van der Waals surface area contributed by atoms with Gasteiger partial charge in [0, 0.05) is 31.5 Å². The maximum atomic E-state index is 12.4. The summed E-state index contributed by atoms with van der Waals surface area (Å²) in [5, 5.41) is 3.06. The molecule has 1 aliphatic carbocycles. The lowest BCUT2D eigenvalue weighted by atomic mass is 9.82. The molecule has 2 heterocycles. The van der Waals surface area contributed by atoms with Crippen molar-refractivity contribution in [2.45, 2.75) is 57.0 Å². The molecule has 2 amide bonds. The fourth-order valence-electron chi connectivity index (χ4n) is 3.79. The highest BCUT2D eigenvalue weighted by atomic mass is 16.5. The van der Waals surface area contributed by atoms with E-state index in [1.54, 1.807) is 0 Å². The number of amides is 2. The zero-order valence-electron chi connectivity index (χ0n) is 12.0. The molecule has 0 aromatic rings. The maximum Gasteiger partial charge on any atom is 0.317 e. The molecule has 3 fully saturated rings. The Hall–Kier alpha value is -1.10. The van der Waals surface area contributed by atoms with E-state index in [1.165, 1.54) is 0 Å². The minimum absolute atomic E-state index is 0.00127. The van der Waals surface area contributed by atoms with E-state index >= 15 is 0 Å². The molecule has 3 aliphatic rings. The normalized spacial score (nSPS) is 34.5. The summed E-state index contributed by atoms with van der Waals surface area (Å²) in [6.45, 7) is 2.13. The quantitative estimate of drug-likeness (QED) is 0.837. The van der Waals surface area contributed by atoms with Gasteiger partial charge < -0.3 is 15.0 Å². The van der Waals surface area contributed by atoms with Gasteiger partial charge in [0.1, 0.15) is 5.78 Å². The monoisotopic (exact) mass is 280 g/mol. The lowest BCUT2D eigenvalue weighted by Crippen LogP contribution is -2.50. The number of nitrogens with zero attached hydrogens (tertiary/aromatic N) is 1. The number of likely N-dealkylation sites (tertiary alicyclic amines) is 1. The molecule has 1 saturated carbocycles. The maximum absolute atomic E-state index is 12.4. The molecule has 3 rings (SSSR count). The number of hydrogen-bond acceptors (Lipinski definition) is 3. The number of hydrogen-bond donors (Lipinski definition) is 1. The number of carbonyl (C=O) groups is 2. The molecule has 2 aliphatic heterocycles. The van der Waals surface area contributed by atoms with Crippen LogP contribution < -0.4 is 5.32 Å². The zero-order chi connectivity index (χ0) is 13.9. The van der Waals surface area contributed by atoms with E-state index in [2.05, 4.69) is 5.32 Å². The lowest BCUT2D eigenvalue weighted by molar-refractivity contribution is -0.126. The summed E-state index contributed by atoms with van der Waals surface area (Å²) >= 11 is 0. The van der Waals surface area contributed by atoms with Gasteiger partial charge in [-0.1, -0.05) is 6.42 Å². The van der Waals surface area contributed by atoms with Gasteiger partial charge in [0.05, 0.1) is 12.6 Å². The van der Waals surface area contributed by atoms with Crippen molar-refractivity contribution in [2.24, 2.45) is 5.92 Å². The minimum Gasteiger partial charge on any atom is -0.379 e. The zero-order valence-corrected chi connectivity index (χ0v) is 12.0. The Morgan fingerprint density at radius 3 is 2.85 bits per heavy atom. The van der Waals surface area contributed by atoms with Gasteiger partial charge in [0.2, 0.25) is 0 Å². The summed E-state index contributed by atoms with van der Waals surface area (Å²) < 4.78 is 5.29. The van der Waals surface area contributed by atoms with Gasteiger partial charge in [-0.2, -0.15) is 0 Å². The number of ketones is 1. The first-order chi connectivity index (χ1) is 9.75. The number of urea groups is 1. The number of rotatable bonds is 2. The van der Waals surface area contributed by atoms with Crippen molar-refractivity contribution in [3.63, 3.8) is 0 Å². The second kappa shape index (κ2) is 6.12. The summed E-state index contributed by atoms with van der Waals surface area (Å²) in [4.78, 5) is 26.4. The van der Waals surface area contributed by atoms with Crippen molar-refractivity contribution in [1.29, 1.82) is 0 Å². The second-order valence-electron chi connectivity index (χ2n) is 6.23. The van der Waals surface area contributed by atoms with Crippen LogP contribution in [-0.2, 0) is 9.53 Å². The largest absolute Gasteiger partial charge is 0.379 e. The minimum atomic E-state index is 0.00127. The summed E-state index contributed by atoms with van der Waals surface area (Å²) in [5.74, 6) is 0.446. The van der Waals surface area contributed by atoms with Crippen LogP contribution in [-0.4, -0.2) is 48.6 Å². The van der Waals surface area contributed by atoms with Crippen LogP contribution in [0.3, 0.4) is 0 Å². The molecule has 1 N–H and O–H groups in total. The third-order valence-electron chi connectivity index (χ3n) is 4.88. The van der Waals surface area contributed by atoms with Gasteiger partial charge in [-0.3, -0.25) is 4.79 Å². The van der Waals surface area contributed by atoms with Crippen LogP contribution in [0.2, 0.25) is 0 Å². The predicted molar refractivity (Wildman–Crippen MR) is 74.4 cm³/mol. The molecule has 0 spiro atoms. The van der Waals surface area contributed by atoms with E-state index < -0.39 is 0 Å². The van der Waals surface area contributed by atoms with Crippen LogP contribution >= 0.6 is 0 Å². The third kappa shape index (κ3) is 2.82. The van der Waals surface area contributed by atoms with E-state index in [9.17, 15) is 9.59 Å². The van der Waals surface area contributed by atoms with Gasteiger partial charge in [0.15, 0.2) is 0 Å². The molecule has 5 heteroatoms. The van der Waals surface area contributed by atoms with E-state index in [1.807, 2.05) is 4.90 Å². The van der Waals surface area contributed by atoms with Crippen LogP contribution in [0.5, 0.6) is 0 Å². The third-order valence-corrected chi connectivity index (χ3v) is 4.88. The van der Waals surface area contributed by atoms with Crippen LogP contribution in [0.1, 0.15) is 44.9 Å². The highest BCUT2D eigenvalue weighted by Gasteiger charge is 2.39.